The lowest BCUT2D eigenvalue weighted by atomic mass is 10.3. The monoisotopic (exact) mass is 355 g/mol. The first-order valence-electron chi connectivity index (χ1n) is 6.67. The average Bonchev–Trinajstić information content (AvgIpc) is 3.06. The van der Waals surface area contributed by atoms with Gasteiger partial charge in [-0.2, -0.15) is 0 Å². The van der Waals surface area contributed by atoms with Crippen LogP contribution in [0.2, 0.25) is 0 Å². The maximum absolute atomic E-state index is 12.3. The van der Waals surface area contributed by atoms with Gasteiger partial charge in [-0.15, -0.1) is 11.6 Å². The summed E-state index contributed by atoms with van der Waals surface area (Å²) in [4.78, 5) is 18.7. The molecule has 6 heteroatoms. The van der Waals surface area contributed by atoms with Crippen molar-refractivity contribution < 1.29 is 4.79 Å². The zero-order valence-corrected chi connectivity index (χ0v) is 13.3. The van der Waals surface area contributed by atoms with Crippen LogP contribution in [0.1, 0.15) is 18.7 Å². The van der Waals surface area contributed by atoms with Crippen LogP contribution in [0.15, 0.2) is 22.7 Å². The summed E-state index contributed by atoms with van der Waals surface area (Å²) in [7, 11) is 0. The molecule has 0 saturated carbocycles. The molecule has 2 heterocycles. The molecule has 1 saturated heterocycles. The van der Waals surface area contributed by atoms with Crippen LogP contribution >= 0.6 is 27.5 Å². The number of likely N-dealkylation sites (tertiary alicyclic amines) is 1. The Kier molecular flexibility index (Phi) is 3.98. The second kappa shape index (κ2) is 5.74. The van der Waals surface area contributed by atoms with Gasteiger partial charge in [0.25, 0.3) is 0 Å². The predicted octanol–water partition coefficient (Wildman–Crippen LogP) is 3.16. The lowest BCUT2D eigenvalue weighted by Crippen LogP contribution is -2.31. The van der Waals surface area contributed by atoms with Crippen molar-refractivity contribution in [3.63, 3.8) is 0 Å². The molecule has 4 nitrogen and oxygen atoms in total. The van der Waals surface area contributed by atoms with Crippen molar-refractivity contribution >= 4 is 44.5 Å². The summed E-state index contributed by atoms with van der Waals surface area (Å²) in [6.45, 7) is 2.06. The molecule has 0 N–H and O–H groups in total. The van der Waals surface area contributed by atoms with Crippen LogP contribution in [0.25, 0.3) is 11.0 Å². The standard InChI is InChI=1S/C14H15BrClN3O/c15-10-3-4-12-11(7-10)17-13(8-16)19(12)9-14(20)18-5-1-2-6-18/h3-4,7H,1-2,5-6,8-9H2. The van der Waals surface area contributed by atoms with Crippen molar-refractivity contribution in [2.24, 2.45) is 0 Å². The van der Waals surface area contributed by atoms with Crippen LogP contribution in [0, 0.1) is 0 Å². The highest BCUT2D eigenvalue weighted by molar-refractivity contribution is 9.10. The minimum Gasteiger partial charge on any atom is -0.341 e. The number of hydrogen-bond donors (Lipinski definition) is 0. The van der Waals surface area contributed by atoms with E-state index in [1.54, 1.807) is 0 Å². The summed E-state index contributed by atoms with van der Waals surface area (Å²) in [6, 6.07) is 5.88. The third kappa shape index (κ3) is 2.56. The summed E-state index contributed by atoms with van der Waals surface area (Å²) in [5.41, 5.74) is 1.82. The number of halogens is 2. The van der Waals surface area contributed by atoms with Crippen molar-refractivity contribution in [3.05, 3.63) is 28.5 Å². The van der Waals surface area contributed by atoms with E-state index in [1.165, 1.54) is 0 Å². The second-order valence-electron chi connectivity index (χ2n) is 4.97. The summed E-state index contributed by atoms with van der Waals surface area (Å²) >= 11 is 9.40. The molecule has 1 fully saturated rings. The number of nitrogens with zero attached hydrogens (tertiary/aromatic N) is 3. The minimum atomic E-state index is 0.149. The molecule has 0 radical (unpaired) electrons. The quantitative estimate of drug-likeness (QED) is 0.792. The molecule has 3 rings (SSSR count). The van der Waals surface area contributed by atoms with Gasteiger partial charge in [0, 0.05) is 17.6 Å². The summed E-state index contributed by atoms with van der Waals surface area (Å²) in [6.07, 6.45) is 2.21. The van der Waals surface area contributed by atoms with Crippen LogP contribution in [-0.4, -0.2) is 33.4 Å². The van der Waals surface area contributed by atoms with Crippen LogP contribution < -0.4 is 0 Å². The summed E-state index contributed by atoms with van der Waals surface area (Å²) in [5, 5.41) is 0. The highest BCUT2D eigenvalue weighted by Crippen LogP contribution is 2.22. The SMILES string of the molecule is O=C(Cn1c(CCl)nc2cc(Br)ccc21)N1CCCC1. The lowest BCUT2D eigenvalue weighted by molar-refractivity contribution is -0.130. The number of alkyl halides is 1. The Bertz CT molecular complexity index is 649. The highest BCUT2D eigenvalue weighted by atomic mass is 79.9. The molecule has 0 unspecified atom stereocenters. The molecule has 1 aliphatic rings. The number of carbonyl (C=O) groups excluding carboxylic acids is 1. The molecule has 0 aliphatic carbocycles. The fourth-order valence-electron chi connectivity index (χ4n) is 2.63. The Balaban J connectivity index is 1.94. The molecule has 1 aromatic carbocycles. The van der Waals surface area contributed by atoms with Gasteiger partial charge in [-0.1, -0.05) is 15.9 Å². The fraction of sp³-hybridized carbons (Fsp3) is 0.429. The number of aromatic nitrogens is 2. The second-order valence-corrected chi connectivity index (χ2v) is 6.15. The number of amides is 1. The normalized spacial score (nSPS) is 15.2. The number of benzene rings is 1. The number of rotatable bonds is 3. The molecule has 1 amide bonds. The number of fused-ring (bicyclic) bond motifs is 1. The van der Waals surface area contributed by atoms with E-state index in [1.807, 2.05) is 27.7 Å². The van der Waals surface area contributed by atoms with Gasteiger partial charge >= 0.3 is 0 Å². The maximum Gasteiger partial charge on any atom is 0.242 e. The smallest absolute Gasteiger partial charge is 0.242 e. The van der Waals surface area contributed by atoms with Crippen molar-refractivity contribution in [2.45, 2.75) is 25.3 Å². The van der Waals surface area contributed by atoms with Gasteiger partial charge in [0.05, 0.1) is 16.9 Å². The van der Waals surface area contributed by atoms with Gasteiger partial charge < -0.3 is 9.47 Å². The van der Waals surface area contributed by atoms with E-state index >= 15 is 0 Å². The minimum absolute atomic E-state index is 0.149. The van der Waals surface area contributed by atoms with Crippen molar-refractivity contribution in [1.29, 1.82) is 0 Å². The first-order chi connectivity index (χ1) is 9.69. The first-order valence-corrected chi connectivity index (χ1v) is 8.00. The summed E-state index contributed by atoms with van der Waals surface area (Å²) in [5.74, 6) is 1.20. The number of hydrogen-bond acceptors (Lipinski definition) is 2. The molecule has 20 heavy (non-hydrogen) atoms. The molecular formula is C14H15BrClN3O. The van der Waals surface area contributed by atoms with Crippen molar-refractivity contribution in [2.75, 3.05) is 13.1 Å². The molecular weight excluding hydrogens is 342 g/mol. The van der Waals surface area contributed by atoms with E-state index in [4.69, 9.17) is 11.6 Å². The van der Waals surface area contributed by atoms with Crippen molar-refractivity contribution in [3.8, 4) is 0 Å². The molecule has 106 valence electrons. The fourth-order valence-corrected chi connectivity index (χ4v) is 3.19. The Morgan fingerprint density at radius 1 is 1.35 bits per heavy atom. The van der Waals surface area contributed by atoms with Gasteiger partial charge in [0.1, 0.15) is 12.4 Å². The predicted molar refractivity (Wildman–Crippen MR) is 82.8 cm³/mol. The van der Waals surface area contributed by atoms with Gasteiger partial charge in [-0.05, 0) is 31.0 Å². The van der Waals surface area contributed by atoms with Gasteiger partial charge in [0.2, 0.25) is 5.91 Å². The van der Waals surface area contributed by atoms with E-state index in [2.05, 4.69) is 20.9 Å². The van der Waals surface area contributed by atoms with Crippen LogP contribution in [0.5, 0.6) is 0 Å². The van der Waals surface area contributed by atoms with Crippen molar-refractivity contribution in [1.82, 2.24) is 14.5 Å². The molecule has 0 atom stereocenters. The van der Waals surface area contributed by atoms with Gasteiger partial charge in [-0.25, -0.2) is 4.98 Å². The van der Waals surface area contributed by atoms with E-state index < -0.39 is 0 Å². The Morgan fingerprint density at radius 3 is 2.80 bits per heavy atom. The zero-order valence-electron chi connectivity index (χ0n) is 11.0. The number of imidazole rings is 1. The third-order valence-electron chi connectivity index (χ3n) is 3.66. The van der Waals surface area contributed by atoms with Gasteiger partial charge in [0.15, 0.2) is 0 Å². The molecule has 1 aromatic heterocycles. The summed E-state index contributed by atoms with van der Waals surface area (Å²) < 4.78 is 2.90. The molecule has 0 spiro atoms. The Morgan fingerprint density at radius 2 is 2.10 bits per heavy atom. The van der Waals surface area contributed by atoms with E-state index in [-0.39, 0.29) is 5.91 Å². The largest absolute Gasteiger partial charge is 0.341 e. The maximum atomic E-state index is 12.3. The van der Waals surface area contributed by atoms with Crippen LogP contribution in [0.3, 0.4) is 0 Å². The van der Waals surface area contributed by atoms with E-state index in [9.17, 15) is 4.79 Å². The first kappa shape index (κ1) is 13.9. The van der Waals surface area contributed by atoms with E-state index in [0.29, 0.717) is 12.4 Å². The molecule has 2 aromatic rings. The van der Waals surface area contributed by atoms with Gasteiger partial charge in [-0.3, -0.25) is 4.79 Å². The molecule has 1 aliphatic heterocycles. The number of carbonyl (C=O) groups is 1. The lowest BCUT2D eigenvalue weighted by Gasteiger charge is -2.16. The van der Waals surface area contributed by atoms with E-state index in [0.717, 1.165) is 47.3 Å². The average molecular weight is 357 g/mol. The van der Waals surface area contributed by atoms with Crippen LogP contribution in [-0.2, 0) is 17.2 Å². The topological polar surface area (TPSA) is 38.1 Å². The molecule has 0 bridgehead atoms. The zero-order chi connectivity index (χ0) is 14.1. The highest BCUT2D eigenvalue weighted by Gasteiger charge is 2.20. The third-order valence-corrected chi connectivity index (χ3v) is 4.39. The Hall–Kier alpha value is -1.07. The Labute approximate surface area is 130 Å². The van der Waals surface area contributed by atoms with Crippen LogP contribution in [0.4, 0.5) is 0 Å².